The summed E-state index contributed by atoms with van der Waals surface area (Å²) in [5, 5.41) is 12.0. The number of anilines is 1. The van der Waals surface area contributed by atoms with E-state index in [2.05, 4.69) is 5.32 Å². The molecule has 24 heavy (non-hydrogen) atoms. The van der Waals surface area contributed by atoms with Gasteiger partial charge in [0.1, 0.15) is 0 Å². The molecule has 0 spiro atoms. The Morgan fingerprint density at radius 3 is 2.25 bits per heavy atom. The largest absolute Gasteiger partial charge is 0.481 e. The summed E-state index contributed by atoms with van der Waals surface area (Å²) in [6, 6.07) is 15.9. The number of carbonyl (C=O) groups is 2. The van der Waals surface area contributed by atoms with Crippen molar-refractivity contribution in [2.45, 2.75) is 17.7 Å². The lowest BCUT2D eigenvalue weighted by Crippen LogP contribution is -2.24. The minimum absolute atomic E-state index is 0.105. The van der Waals surface area contributed by atoms with Crippen molar-refractivity contribution in [3.63, 3.8) is 0 Å². The summed E-state index contributed by atoms with van der Waals surface area (Å²) in [4.78, 5) is 24.2. The Kier molecular flexibility index (Phi) is 6.26. The zero-order chi connectivity index (χ0) is 17.5. The molecule has 126 valence electrons. The molecule has 2 unspecified atom stereocenters. The third-order valence-corrected chi connectivity index (χ3v) is 4.51. The molecule has 0 aliphatic heterocycles. The molecule has 0 aromatic heterocycles. The number of carbonyl (C=O) groups excluding carboxylic acids is 1. The van der Waals surface area contributed by atoms with Gasteiger partial charge in [-0.3, -0.25) is 13.8 Å². The molecule has 1 amide bonds. The van der Waals surface area contributed by atoms with Gasteiger partial charge < -0.3 is 10.4 Å². The van der Waals surface area contributed by atoms with Gasteiger partial charge in [0.25, 0.3) is 0 Å². The van der Waals surface area contributed by atoms with E-state index in [0.717, 1.165) is 5.56 Å². The minimum Gasteiger partial charge on any atom is -0.481 e. The monoisotopic (exact) mass is 345 g/mol. The van der Waals surface area contributed by atoms with Crippen molar-refractivity contribution in [2.24, 2.45) is 5.92 Å². The number of hydrogen-bond donors (Lipinski definition) is 2. The van der Waals surface area contributed by atoms with Crippen LogP contribution in [0.4, 0.5) is 5.69 Å². The number of aliphatic carboxylic acids is 1. The van der Waals surface area contributed by atoms with E-state index in [-0.39, 0.29) is 12.3 Å². The number of carboxylic acids is 1. The average Bonchev–Trinajstić information content (AvgIpc) is 2.55. The Hall–Kier alpha value is -2.47. The van der Waals surface area contributed by atoms with Gasteiger partial charge in [0.2, 0.25) is 5.91 Å². The molecule has 6 heteroatoms. The summed E-state index contributed by atoms with van der Waals surface area (Å²) in [5.74, 6) is -2.13. The van der Waals surface area contributed by atoms with Gasteiger partial charge in [-0.25, -0.2) is 0 Å². The number of benzene rings is 2. The Morgan fingerprint density at radius 1 is 1.08 bits per heavy atom. The molecule has 0 aliphatic rings. The lowest BCUT2D eigenvalue weighted by atomic mass is 9.96. The van der Waals surface area contributed by atoms with E-state index in [1.54, 1.807) is 30.5 Å². The van der Waals surface area contributed by atoms with Crippen molar-refractivity contribution in [3.05, 3.63) is 60.2 Å². The van der Waals surface area contributed by atoms with Crippen LogP contribution in [0.3, 0.4) is 0 Å². The first-order chi connectivity index (χ1) is 11.5. The van der Waals surface area contributed by atoms with Gasteiger partial charge in [-0.05, 0) is 36.2 Å². The zero-order valence-electron chi connectivity index (χ0n) is 13.3. The number of nitrogens with one attached hydrogen (secondary N) is 1. The normalized spacial score (nSPS) is 13.0. The maximum absolute atomic E-state index is 12.1. The molecule has 0 saturated heterocycles. The Morgan fingerprint density at radius 2 is 1.71 bits per heavy atom. The van der Waals surface area contributed by atoms with Crippen LogP contribution in [-0.2, 0) is 26.8 Å². The SMILES string of the molecule is CS(=O)c1ccc(NC(=O)CC(Cc2ccccc2)C(=O)O)cc1. The smallest absolute Gasteiger partial charge is 0.307 e. The minimum atomic E-state index is -1.08. The Labute approximate surface area is 143 Å². The zero-order valence-corrected chi connectivity index (χ0v) is 14.1. The van der Waals surface area contributed by atoms with Crippen molar-refractivity contribution in [1.29, 1.82) is 0 Å². The summed E-state index contributed by atoms with van der Waals surface area (Å²) < 4.78 is 11.3. The molecule has 2 rings (SSSR count). The maximum Gasteiger partial charge on any atom is 0.307 e. The highest BCUT2D eigenvalue weighted by atomic mass is 32.2. The van der Waals surface area contributed by atoms with Gasteiger partial charge in [0.15, 0.2) is 0 Å². The fraction of sp³-hybridized carbons (Fsp3) is 0.222. The quantitative estimate of drug-likeness (QED) is 0.808. The summed E-state index contributed by atoms with van der Waals surface area (Å²) in [5.41, 5.74) is 1.44. The van der Waals surface area contributed by atoms with Gasteiger partial charge >= 0.3 is 5.97 Å². The van der Waals surface area contributed by atoms with Crippen molar-refractivity contribution < 1.29 is 18.9 Å². The summed E-state index contributed by atoms with van der Waals surface area (Å²) in [6.07, 6.45) is 1.78. The second kappa shape index (κ2) is 8.40. The van der Waals surface area contributed by atoms with Crippen LogP contribution in [-0.4, -0.2) is 27.4 Å². The third kappa shape index (κ3) is 5.31. The van der Waals surface area contributed by atoms with Crippen LogP contribution in [0.2, 0.25) is 0 Å². The summed E-state index contributed by atoms with van der Waals surface area (Å²) in [6.45, 7) is 0. The summed E-state index contributed by atoms with van der Waals surface area (Å²) >= 11 is 0. The van der Waals surface area contributed by atoms with Gasteiger partial charge in [0, 0.05) is 34.1 Å². The fourth-order valence-electron chi connectivity index (χ4n) is 2.31. The van der Waals surface area contributed by atoms with E-state index in [1.807, 2.05) is 30.3 Å². The highest BCUT2D eigenvalue weighted by Crippen LogP contribution is 2.16. The number of amides is 1. The molecule has 2 aromatic carbocycles. The van der Waals surface area contributed by atoms with E-state index < -0.39 is 22.7 Å². The number of carboxylic acid groups (broad SMARTS) is 1. The molecule has 0 aliphatic carbocycles. The first kappa shape index (κ1) is 17.9. The van der Waals surface area contributed by atoms with E-state index in [0.29, 0.717) is 17.0 Å². The number of hydrogen-bond acceptors (Lipinski definition) is 3. The van der Waals surface area contributed by atoms with E-state index in [9.17, 15) is 18.9 Å². The second-order valence-corrected chi connectivity index (χ2v) is 6.84. The van der Waals surface area contributed by atoms with Crippen molar-refractivity contribution >= 4 is 28.4 Å². The molecule has 0 saturated carbocycles. The lowest BCUT2D eigenvalue weighted by molar-refractivity contribution is -0.143. The maximum atomic E-state index is 12.1. The summed E-state index contributed by atoms with van der Waals surface area (Å²) in [7, 11) is -1.08. The van der Waals surface area contributed by atoms with Crippen LogP contribution >= 0.6 is 0 Å². The van der Waals surface area contributed by atoms with Gasteiger partial charge in [-0.15, -0.1) is 0 Å². The van der Waals surface area contributed by atoms with E-state index >= 15 is 0 Å². The molecular formula is C18H19NO4S. The molecule has 5 nitrogen and oxygen atoms in total. The highest BCUT2D eigenvalue weighted by Gasteiger charge is 2.21. The van der Waals surface area contributed by atoms with Crippen LogP contribution in [0.15, 0.2) is 59.5 Å². The molecular weight excluding hydrogens is 326 g/mol. The molecule has 2 aromatic rings. The molecule has 0 heterocycles. The second-order valence-electron chi connectivity index (χ2n) is 5.46. The topological polar surface area (TPSA) is 83.5 Å². The third-order valence-electron chi connectivity index (χ3n) is 3.58. The van der Waals surface area contributed by atoms with Crippen LogP contribution in [0.5, 0.6) is 0 Å². The van der Waals surface area contributed by atoms with Crippen molar-refractivity contribution in [2.75, 3.05) is 11.6 Å². The van der Waals surface area contributed by atoms with Crippen molar-refractivity contribution in [3.8, 4) is 0 Å². The van der Waals surface area contributed by atoms with Crippen LogP contribution in [0.1, 0.15) is 12.0 Å². The molecule has 0 bridgehead atoms. The van der Waals surface area contributed by atoms with Crippen LogP contribution in [0.25, 0.3) is 0 Å². The molecule has 2 N–H and O–H groups in total. The van der Waals surface area contributed by atoms with Gasteiger partial charge in [-0.1, -0.05) is 30.3 Å². The predicted octanol–water partition coefficient (Wildman–Crippen LogP) is 2.70. The first-order valence-corrected chi connectivity index (χ1v) is 9.01. The van der Waals surface area contributed by atoms with E-state index in [4.69, 9.17) is 0 Å². The average molecular weight is 345 g/mol. The predicted molar refractivity (Wildman–Crippen MR) is 93.3 cm³/mol. The first-order valence-electron chi connectivity index (χ1n) is 7.46. The standard InChI is InChI=1S/C18H19NO4S/c1-24(23)16-9-7-15(8-10-16)19-17(20)12-14(18(21)22)11-13-5-3-2-4-6-13/h2-10,14H,11-12H2,1H3,(H,19,20)(H,21,22). The fourth-order valence-corrected chi connectivity index (χ4v) is 2.83. The molecule has 2 atom stereocenters. The highest BCUT2D eigenvalue weighted by molar-refractivity contribution is 7.84. The Balaban J connectivity index is 1.97. The van der Waals surface area contributed by atoms with Crippen LogP contribution < -0.4 is 5.32 Å². The van der Waals surface area contributed by atoms with E-state index in [1.165, 1.54) is 0 Å². The molecule has 0 fully saturated rings. The van der Waals surface area contributed by atoms with Crippen molar-refractivity contribution in [1.82, 2.24) is 0 Å². The molecule has 0 radical (unpaired) electrons. The van der Waals surface area contributed by atoms with Gasteiger partial charge in [0.05, 0.1) is 5.92 Å². The van der Waals surface area contributed by atoms with Gasteiger partial charge in [-0.2, -0.15) is 0 Å². The lowest BCUT2D eigenvalue weighted by Gasteiger charge is -2.13. The van der Waals surface area contributed by atoms with Crippen LogP contribution in [0, 0.1) is 5.92 Å². The Bertz CT molecular complexity index is 728. The number of rotatable bonds is 7.